The van der Waals surface area contributed by atoms with Gasteiger partial charge in [-0.05, 0) is 12.5 Å². The van der Waals surface area contributed by atoms with Crippen LogP contribution in [0, 0.1) is 12.3 Å². The maximum absolute atomic E-state index is 11.9. The average molecular weight is 234 g/mol. The first-order valence-electron chi connectivity index (χ1n) is 4.86. The molecule has 2 heterocycles. The Kier molecular flexibility index (Phi) is 2.67. The van der Waals surface area contributed by atoms with Crippen LogP contribution in [0.3, 0.4) is 0 Å². The minimum atomic E-state index is -0.444. The highest BCUT2D eigenvalue weighted by Crippen LogP contribution is 2.20. The van der Waals surface area contributed by atoms with Crippen molar-refractivity contribution < 1.29 is 0 Å². The molecule has 0 atom stereocenters. The molecule has 5 heteroatoms. The van der Waals surface area contributed by atoms with Crippen molar-refractivity contribution in [1.82, 2.24) is 9.55 Å². The van der Waals surface area contributed by atoms with Gasteiger partial charge in [-0.1, -0.05) is 12.8 Å². The highest BCUT2D eigenvalue weighted by Gasteiger charge is 2.09. The van der Waals surface area contributed by atoms with Gasteiger partial charge < -0.3 is 0 Å². The molecule has 1 N–H and O–H groups in total. The number of hydrogen-bond donors (Lipinski definition) is 1. The molecule has 2 rings (SSSR count). The Labute approximate surface area is 95.5 Å². The maximum atomic E-state index is 11.9. The van der Waals surface area contributed by atoms with E-state index in [4.69, 9.17) is 6.42 Å². The topological polar surface area (TPSA) is 54.9 Å². The Balaban J connectivity index is 2.83. The fourth-order valence-electron chi connectivity index (χ4n) is 1.51. The first-order chi connectivity index (χ1) is 7.67. The molecule has 0 spiro atoms. The molecule has 2 aromatic heterocycles. The van der Waals surface area contributed by atoms with E-state index in [9.17, 15) is 9.59 Å². The maximum Gasteiger partial charge on any atom is 0.330 e. The number of nitrogens with one attached hydrogen (secondary N) is 1. The molecule has 0 bridgehead atoms. The number of rotatable bonds is 2. The number of thiophene rings is 1. The first-order valence-corrected chi connectivity index (χ1v) is 5.68. The Hall–Kier alpha value is -1.80. The minimum Gasteiger partial charge on any atom is -0.298 e. The number of aryl methyl sites for hydroxylation is 1. The summed E-state index contributed by atoms with van der Waals surface area (Å²) in [5.41, 5.74) is -0.757. The van der Waals surface area contributed by atoms with E-state index in [1.165, 1.54) is 11.3 Å². The monoisotopic (exact) mass is 234 g/mol. The first kappa shape index (κ1) is 10.7. The largest absolute Gasteiger partial charge is 0.330 e. The smallest absolute Gasteiger partial charge is 0.298 e. The predicted octanol–water partition coefficient (Wildman–Crippen LogP) is 0.947. The minimum absolute atomic E-state index is 0.00140. The molecule has 4 nitrogen and oxygen atoms in total. The SMILES string of the molecule is C#CCn1c(=O)[nH]c2sc(CC)cc2c1=O. The third kappa shape index (κ3) is 1.57. The number of aromatic nitrogens is 2. The summed E-state index contributed by atoms with van der Waals surface area (Å²) in [7, 11) is 0. The molecular weight excluding hydrogens is 224 g/mol. The lowest BCUT2D eigenvalue weighted by atomic mass is 10.3. The van der Waals surface area contributed by atoms with E-state index in [-0.39, 0.29) is 12.1 Å². The zero-order chi connectivity index (χ0) is 11.7. The number of fused-ring (bicyclic) bond motifs is 1. The highest BCUT2D eigenvalue weighted by atomic mass is 32.1. The number of aromatic amines is 1. The Morgan fingerprint density at radius 1 is 1.56 bits per heavy atom. The zero-order valence-electron chi connectivity index (χ0n) is 8.74. The molecule has 16 heavy (non-hydrogen) atoms. The van der Waals surface area contributed by atoms with Gasteiger partial charge in [0.25, 0.3) is 5.56 Å². The van der Waals surface area contributed by atoms with Gasteiger partial charge in [-0.3, -0.25) is 9.78 Å². The van der Waals surface area contributed by atoms with E-state index >= 15 is 0 Å². The fraction of sp³-hybridized carbons (Fsp3) is 0.273. The standard InChI is InChI=1S/C11H10N2O2S/c1-3-5-13-10(14)8-6-7(4-2)16-9(8)12-11(13)15/h1,6H,4-5H2,2H3,(H,12,15). The van der Waals surface area contributed by atoms with E-state index in [2.05, 4.69) is 10.9 Å². The molecule has 0 radical (unpaired) electrons. The Morgan fingerprint density at radius 2 is 2.31 bits per heavy atom. The third-order valence-corrected chi connectivity index (χ3v) is 3.52. The fourth-order valence-corrected chi connectivity index (χ4v) is 2.48. The Morgan fingerprint density at radius 3 is 2.94 bits per heavy atom. The van der Waals surface area contributed by atoms with Crippen LogP contribution in [0.4, 0.5) is 0 Å². The van der Waals surface area contributed by atoms with Gasteiger partial charge in [0.2, 0.25) is 0 Å². The lowest BCUT2D eigenvalue weighted by Crippen LogP contribution is -2.34. The van der Waals surface area contributed by atoms with Gasteiger partial charge in [0, 0.05) is 4.88 Å². The van der Waals surface area contributed by atoms with Crippen LogP contribution in [0.1, 0.15) is 11.8 Å². The molecule has 0 aliphatic rings. The average Bonchev–Trinajstić information content (AvgIpc) is 2.67. The van der Waals surface area contributed by atoms with Crippen LogP contribution in [-0.2, 0) is 13.0 Å². The lowest BCUT2D eigenvalue weighted by molar-refractivity contribution is 0.743. The van der Waals surface area contributed by atoms with Gasteiger partial charge in [-0.25, -0.2) is 9.36 Å². The summed E-state index contributed by atoms with van der Waals surface area (Å²) < 4.78 is 1.04. The second-order valence-electron chi connectivity index (χ2n) is 3.33. The van der Waals surface area contributed by atoms with Crippen molar-refractivity contribution in [2.75, 3.05) is 0 Å². The zero-order valence-corrected chi connectivity index (χ0v) is 9.56. The van der Waals surface area contributed by atoms with Crippen molar-refractivity contribution >= 4 is 21.6 Å². The highest BCUT2D eigenvalue weighted by molar-refractivity contribution is 7.18. The summed E-state index contributed by atoms with van der Waals surface area (Å²) in [6.45, 7) is 2.00. The number of terminal acetylenes is 1. The molecule has 0 saturated heterocycles. The summed E-state index contributed by atoms with van der Waals surface area (Å²) in [6.07, 6.45) is 5.96. The molecule has 0 aliphatic carbocycles. The normalized spacial score (nSPS) is 10.5. The van der Waals surface area contributed by atoms with Crippen LogP contribution in [0.2, 0.25) is 0 Å². The van der Waals surface area contributed by atoms with Gasteiger partial charge in [-0.2, -0.15) is 0 Å². The second kappa shape index (κ2) is 3.99. The van der Waals surface area contributed by atoms with Gasteiger partial charge >= 0.3 is 5.69 Å². The van der Waals surface area contributed by atoms with E-state index in [0.717, 1.165) is 15.9 Å². The van der Waals surface area contributed by atoms with E-state index in [0.29, 0.717) is 10.2 Å². The summed E-state index contributed by atoms with van der Waals surface area (Å²) in [6, 6.07) is 1.81. The van der Waals surface area contributed by atoms with Gasteiger partial charge in [0.15, 0.2) is 0 Å². The molecule has 0 aliphatic heterocycles. The molecule has 0 unspecified atom stereocenters. The van der Waals surface area contributed by atoms with E-state index in [1.807, 2.05) is 13.0 Å². The van der Waals surface area contributed by atoms with E-state index in [1.54, 1.807) is 0 Å². The number of nitrogens with zero attached hydrogens (tertiary/aromatic N) is 1. The predicted molar refractivity (Wildman–Crippen MR) is 64.9 cm³/mol. The second-order valence-corrected chi connectivity index (χ2v) is 4.47. The molecule has 0 amide bonds. The van der Waals surface area contributed by atoms with Crippen molar-refractivity contribution in [3.8, 4) is 12.3 Å². The summed E-state index contributed by atoms with van der Waals surface area (Å²) >= 11 is 1.43. The van der Waals surface area contributed by atoms with Crippen LogP contribution in [0.25, 0.3) is 10.2 Å². The lowest BCUT2D eigenvalue weighted by Gasteiger charge is -1.98. The van der Waals surface area contributed by atoms with Crippen LogP contribution in [-0.4, -0.2) is 9.55 Å². The van der Waals surface area contributed by atoms with Gasteiger partial charge in [-0.15, -0.1) is 17.8 Å². The molecule has 2 aromatic rings. The number of hydrogen-bond acceptors (Lipinski definition) is 3. The molecule has 0 fully saturated rings. The van der Waals surface area contributed by atoms with Gasteiger partial charge in [0.1, 0.15) is 4.83 Å². The molecule has 82 valence electrons. The Bertz CT molecular complexity index is 685. The van der Waals surface area contributed by atoms with Crippen molar-refractivity contribution in [3.05, 3.63) is 31.8 Å². The quantitative estimate of drug-likeness (QED) is 0.786. The van der Waals surface area contributed by atoms with Crippen molar-refractivity contribution in [2.24, 2.45) is 0 Å². The molecule has 0 aromatic carbocycles. The number of H-pyrrole nitrogens is 1. The third-order valence-electron chi connectivity index (χ3n) is 2.32. The van der Waals surface area contributed by atoms with Crippen molar-refractivity contribution in [3.63, 3.8) is 0 Å². The van der Waals surface area contributed by atoms with E-state index < -0.39 is 5.69 Å². The van der Waals surface area contributed by atoms with Crippen LogP contribution >= 0.6 is 11.3 Å². The van der Waals surface area contributed by atoms with Crippen molar-refractivity contribution in [2.45, 2.75) is 19.9 Å². The summed E-state index contributed by atoms with van der Waals surface area (Å²) in [4.78, 5) is 27.8. The summed E-state index contributed by atoms with van der Waals surface area (Å²) in [5.74, 6) is 2.30. The van der Waals surface area contributed by atoms with Crippen LogP contribution < -0.4 is 11.2 Å². The molecule has 0 saturated carbocycles. The summed E-state index contributed by atoms with van der Waals surface area (Å²) in [5, 5.41) is 0.539. The van der Waals surface area contributed by atoms with Crippen LogP contribution in [0.5, 0.6) is 0 Å². The van der Waals surface area contributed by atoms with Gasteiger partial charge in [0.05, 0.1) is 11.9 Å². The molecular formula is C11H10N2O2S. The van der Waals surface area contributed by atoms with Crippen LogP contribution in [0.15, 0.2) is 15.7 Å². The van der Waals surface area contributed by atoms with Crippen molar-refractivity contribution in [1.29, 1.82) is 0 Å².